The number of aromatic amines is 1. The fourth-order valence-electron chi connectivity index (χ4n) is 4.25. The Morgan fingerprint density at radius 3 is 2.54 bits per heavy atom. The minimum Gasteiger partial charge on any atom is -0.394 e. The molecule has 3 aromatic rings. The number of nitrogens with one attached hydrogen (secondary N) is 2. The number of piperazine rings is 1. The first-order valence-corrected chi connectivity index (χ1v) is 12.4. The van der Waals surface area contributed by atoms with E-state index < -0.39 is 11.9 Å². The number of pyridine rings is 1. The van der Waals surface area contributed by atoms with E-state index in [1.54, 1.807) is 13.0 Å². The number of carbonyl (C=O) groups excluding carboxylic acids is 1. The first kappa shape index (κ1) is 25.0. The molecule has 188 valence electrons. The molecule has 0 aliphatic carbocycles. The van der Waals surface area contributed by atoms with E-state index in [1.807, 2.05) is 19.1 Å². The van der Waals surface area contributed by atoms with E-state index in [2.05, 4.69) is 25.1 Å². The van der Waals surface area contributed by atoms with Crippen LogP contribution in [0.4, 0.5) is 5.69 Å². The fraction of sp³-hybridized carbons (Fsp3) is 0.478. The smallest absolute Gasteiger partial charge is 0.328 e. The number of H-pyrrole nitrogens is 1. The number of aliphatic hydroxyl groups excluding tert-OH is 2. The minimum absolute atomic E-state index is 0.238. The zero-order chi connectivity index (χ0) is 25.1. The number of nitrogens with zero attached hydrogens (tertiary/aromatic N) is 4. The molecule has 1 aliphatic heterocycles. The molecule has 1 amide bonds. The van der Waals surface area contributed by atoms with E-state index in [0.717, 1.165) is 42.4 Å². The molecule has 0 spiro atoms. The maximum absolute atomic E-state index is 12.5. The van der Waals surface area contributed by atoms with Crippen LogP contribution in [0.2, 0.25) is 0 Å². The number of hydrogen-bond donors (Lipinski definition) is 4. The minimum atomic E-state index is -0.716. The van der Waals surface area contributed by atoms with Gasteiger partial charge in [0.1, 0.15) is 10.4 Å². The second-order valence-corrected chi connectivity index (χ2v) is 9.67. The lowest BCUT2D eigenvalue weighted by atomic mass is 10.2. The average Bonchev–Trinajstić information content (AvgIpc) is 3.25. The standard InChI is InChI=1S/C23H30N6O5S/c1-3-29-22(33)20-18(26-23(29)34)10-16(35-20)11-27-6-8-28(9-7-27)19-5-4-17(24-14(19)2)21(32)25-15(12-30)13-31/h4-5,10,15,30-31H,3,6-9,11-13H2,1-2H3,(H,25,32)(H,26,34). The number of aliphatic hydroxyl groups is 2. The molecular weight excluding hydrogens is 472 g/mol. The van der Waals surface area contributed by atoms with Gasteiger partial charge in [0.15, 0.2) is 0 Å². The van der Waals surface area contributed by atoms with Crippen molar-refractivity contribution < 1.29 is 15.0 Å². The van der Waals surface area contributed by atoms with Gasteiger partial charge in [0.05, 0.1) is 36.2 Å². The molecule has 4 heterocycles. The number of rotatable bonds is 8. The van der Waals surface area contributed by atoms with E-state index in [0.29, 0.717) is 23.3 Å². The molecule has 12 heteroatoms. The normalized spacial score (nSPS) is 14.7. The summed E-state index contributed by atoms with van der Waals surface area (Å²) < 4.78 is 1.79. The van der Waals surface area contributed by atoms with Crippen LogP contribution in [0.15, 0.2) is 27.8 Å². The second kappa shape index (κ2) is 10.7. The summed E-state index contributed by atoms with van der Waals surface area (Å²) in [6.45, 7) is 7.19. The lowest BCUT2D eigenvalue weighted by molar-refractivity contribution is 0.0874. The van der Waals surface area contributed by atoms with Crippen LogP contribution in [0.5, 0.6) is 0 Å². The predicted octanol–water partition coefficient (Wildman–Crippen LogP) is -0.120. The van der Waals surface area contributed by atoms with Crippen molar-refractivity contribution in [2.24, 2.45) is 0 Å². The Labute approximate surface area is 205 Å². The monoisotopic (exact) mass is 502 g/mol. The highest BCUT2D eigenvalue weighted by atomic mass is 32.1. The summed E-state index contributed by atoms with van der Waals surface area (Å²) in [5.41, 5.74) is 1.91. The van der Waals surface area contributed by atoms with Gasteiger partial charge >= 0.3 is 5.69 Å². The zero-order valence-electron chi connectivity index (χ0n) is 19.8. The summed E-state index contributed by atoms with van der Waals surface area (Å²) in [7, 11) is 0. The van der Waals surface area contributed by atoms with Gasteiger partial charge in [-0.25, -0.2) is 9.78 Å². The summed E-state index contributed by atoms with van der Waals surface area (Å²) >= 11 is 1.43. The van der Waals surface area contributed by atoms with Crippen molar-refractivity contribution in [1.82, 2.24) is 24.8 Å². The predicted molar refractivity (Wildman–Crippen MR) is 134 cm³/mol. The topological polar surface area (TPSA) is 144 Å². The highest BCUT2D eigenvalue weighted by molar-refractivity contribution is 7.18. The van der Waals surface area contributed by atoms with Gasteiger partial charge in [-0.2, -0.15) is 0 Å². The molecule has 0 aromatic carbocycles. The number of amides is 1. The van der Waals surface area contributed by atoms with Gasteiger partial charge in [0.25, 0.3) is 11.5 Å². The van der Waals surface area contributed by atoms with Gasteiger partial charge in [-0.15, -0.1) is 11.3 Å². The molecule has 0 bridgehead atoms. The first-order chi connectivity index (χ1) is 16.8. The zero-order valence-corrected chi connectivity index (χ0v) is 20.6. The van der Waals surface area contributed by atoms with Gasteiger partial charge in [0, 0.05) is 44.1 Å². The molecular formula is C23H30N6O5S. The molecule has 0 atom stereocenters. The van der Waals surface area contributed by atoms with Crippen LogP contribution in [0.3, 0.4) is 0 Å². The first-order valence-electron chi connectivity index (χ1n) is 11.6. The Morgan fingerprint density at radius 1 is 1.20 bits per heavy atom. The van der Waals surface area contributed by atoms with Crippen LogP contribution >= 0.6 is 11.3 Å². The Morgan fingerprint density at radius 2 is 1.91 bits per heavy atom. The molecule has 0 radical (unpaired) electrons. The van der Waals surface area contributed by atoms with Crippen LogP contribution in [-0.2, 0) is 13.1 Å². The van der Waals surface area contributed by atoms with Crippen molar-refractivity contribution in [1.29, 1.82) is 0 Å². The Hall–Kier alpha value is -3.06. The number of hydrogen-bond acceptors (Lipinski definition) is 9. The lowest BCUT2D eigenvalue weighted by Crippen LogP contribution is -2.46. The average molecular weight is 503 g/mol. The maximum Gasteiger partial charge on any atom is 0.328 e. The molecule has 0 saturated carbocycles. The molecule has 35 heavy (non-hydrogen) atoms. The van der Waals surface area contributed by atoms with Crippen LogP contribution in [-0.4, -0.2) is 81.0 Å². The van der Waals surface area contributed by atoms with Crippen molar-refractivity contribution in [2.75, 3.05) is 44.3 Å². The lowest BCUT2D eigenvalue weighted by Gasteiger charge is -2.36. The molecule has 0 unspecified atom stereocenters. The van der Waals surface area contributed by atoms with Crippen molar-refractivity contribution in [2.45, 2.75) is 33.0 Å². The number of aromatic nitrogens is 3. The number of aryl methyl sites for hydroxylation is 1. The molecule has 1 fully saturated rings. The number of thiophene rings is 1. The maximum atomic E-state index is 12.5. The van der Waals surface area contributed by atoms with E-state index >= 15 is 0 Å². The van der Waals surface area contributed by atoms with E-state index in [1.165, 1.54) is 15.9 Å². The molecule has 3 aromatic heterocycles. The third-order valence-electron chi connectivity index (χ3n) is 6.18. The van der Waals surface area contributed by atoms with Gasteiger partial charge in [0.2, 0.25) is 0 Å². The number of fused-ring (bicyclic) bond motifs is 1. The van der Waals surface area contributed by atoms with Crippen LogP contribution in [0.25, 0.3) is 10.2 Å². The summed E-state index contributed by atoms with van der Waals surface area (Å²) in [5.74, 6) is -0.437. The highest BCUT2D eigenvalue weighted by Gasteiger charge is 2.21. The molecule has 4 N–H and O–H groups in total. The summed E-state index contributed by atoms with van der Waals surface area (Å²) in [6, 6.07) is 4.70. The quantitative estimate of drug-likeness (QED) is 0.334. The Balaban J connectivity index is 1.39. The van der Waals surface area contributed by atoms with Gasteiger partial charge in [-0.05, 0) is 32.0 Å². The molecule has 1 saturated heterocycles. The van der Waals surface area contributed by atoms with E-state index in [9.17, 15) is 14.4 Å². The third kappa shape index (κ3) is 5.30. The van der Waals surface area contributed by atoms with Crippen molar-refractivity contribution in [3.05, 3.63) is 55.3 Å². The largest absolute Gasteiger partial charge is 0.394 e. The Bertz CT molecular complexity index is 1320. The van der Waals surface area contributed by atoms with E-state index in [-0.39, 0.29) is 30.2 Å². The Kier molecular flexibility index (Phi) is 7.65. The van der Waals surface area contributed by atoms with Gasteiger partial charge < -0.3 is 25.4 Å². The molecule has 1 aliphatic rings. The molecule has 4 rings (SSSR count). The van der Waals surface area contributed by atoms with Crippen LogP contribution in [0.1, 0.15) is 28.0 Å². The molecule has 11 nitrogen and oxygen atoms in total. The van der Waals surface area contributed by atoms with Crippen LogP contribution in [0, 0.1) is 6.92 Å². The second-order valence-electron chi connectivity index (χ2n) is 8.53. The van der Waals surface area contributed by atoms with Crippen molar-refractivity contribution in [3.8, 4) is 0 Å². The third-order valence-corrected chi connectivity index (χ3v) is 7.29. The summed E-state index contributed by atoms with van der Waals surface area (Å²) in [6.07, 6.45) is 0. The summed E-state index contributed by atoms with van der Waals surface area (Å²) in [5, 5.41) is 20.9. The van der Waals surface area contributed by atoms with E-state index in [4.69, 9.17) is 10.2 Å². The van der Waals surface area contributed by atoms with Gasteiger partial charge in [-0.3, -0.25) is 19.1 Å². The van der Waals surface area contributed by atoms with Crippen molar-refractivity contribution >= 4 is 33.1 Å². The summed E-state index contributed by atoms with van der Waals surface area (Å²) in [4.78, 5) is 49.7. The fourth-order valence-corrected chi connectivity index (χ4v) is 5.35. The number of anilines is 1. The highest BCUT2D eigenvalue weighted by Crippen LogP contribution is 2.24. The SMILES string of the molecule is CCn1c(=O)[nH]c2cc(CN3CCN(c4ccc(C(=O)NC(CO)CO)nc4C)CC3)sc2c1=O. The van der Waals surface area contributed by atoms with Crippen molar-refractivity contribution in [3.63, 3.8) is 0 Å². The van der Waals surface area contributed by atoms with Crippen LogP contribution < -0.4 is 21.5 Å². The van der Waals surface area contributed by atoms with Gasteiger partial charge in [-0.1, -0.05) is 0 Å². The number of carbonyl (C=O) groups is 1.